The molecule has 0 heterocycles. The van der Waals surface area contributed by atoms with E-state index in [0.29, 0.717) is 0 Å². The fourth-order valence-corrected chi connectivity index (χ4v) is 2.64. The molecule has 0 saturated carbocycles. The van der Waals surface area contributed by atoms with Crippen molar-refractivity contribution in [2.24, 2.45) is 0 Å². The van der Waals surface area contributed by atoms with Crippen LogP contribution >= 0.6 is 0 Å². The van der Waals surface area contributed by atoms with Gasteiger partial charge in [-0.1, -0.05) is 0 Å². The Balaban J connectivity index is 2.18. The van der Waals surface area contributed by atoms with Crippen molar-refractivity contribution in [2.75, 3.05) is 11.6 Å². The van der Waals surface area contributed by atoms with Crippen LogP contribution in [0.2, 0.25) is 0 Å². The Bertz CT molecular complexity index is 768. The molecule has 2 aromatic rings. The highest BCUT2D eigenvalue weighted by Gasteiger charge is 2.06. The first-order valence-corrected chi connectivity index (χ1v) is 8.75. The molecule has 7 heteroatoms. The Morgan fingerprint density at radius 1 is 0.850 bits per heavy atom. The van der Waals surface area contributed by atoms with Gasteiger partial charge in [0.25, 0.3) is 0 Å². The van der Waals surface area contributed by atoms with Gasteiger partial charge in [0.2, 0.25) is 0 Å². The topological polar surface area (TPSA) is 80.3 Å². The van der Waals surface area contributed by atoms with Crippen LogP contribution in [0.4, 0.5) is 11.4 Å². The van der Waals surface area contributed by atoms with Crippen molar-refractivity contribution in [1.29, 1.82) is 0 Å². The van der Waals surface area contributed by atoms with E-state index < -0.39 is 20.5 Å². The van der Waals surface area contributed by atoms with Gasteiger partial charge in [0, 0.05) is 17.6 Å². The summed E-state index contributed by atoms with van der Waals surface area (Å²) in [7, 11) is -5.78. The molecule has 0 aliphatic heterocycles. The molecule has 2 aromatic carbocycles. The molecular formula is C13H13NO4S2. The number of sulfone groups is 1. The maximum Gasteiger partial charge on any atom is 0.175 e. The molecule has 0 fully saturated rings. The summed E-state index contributed by atoms with van der Waals surface area (Å²) in [5, 5.41) is 3.06. The van der Waals surface area contributed by atoms with Crippen LogP contribution in [0.3, 0.4) is 0 Å². The molecule has 0 unspecified atom stereocenters. The van der Waals surface area contributed by atoms with E-state index in [1.807, 2.05) is 0 Å². The van der Waals surface area contributed by atoms with Crippen LogP contribution in [0.25, 0.3) is 0 Å². The predicted molar refractivity (Wildman–Crippen MR) is 77.9 cm³/mol. The first-order valence-electron chi connectivity index (χ1n) is 5.68. The molecule has 106 valence electrons. The summed E-state index contributed by atoms with van der Waals surface area (Å²) in [4.78, 5) is 0.500. The Kier molecular flexibility index (Phi) is 4.10. The minimum absolute atomic E-state index is 0.248. The first-order chi connectivity index (χ1) is 9.36. The van der Waals surface area contributed by atoms with E-state index in [1.54, 1.807) is 24.3 Å². The van der Waals surface area contributed by atoms with Gasteiger partial charge < -0.3 is 5.32 Å². The molecule has 0 atom stereocenters. The minimum Gasteiger partial charge on any atom is -0.356 e. The second-order valence-corrected chi connectivity index (χ2v) is 7.27. The normalized spacial score (nSPS) is 11.5. The highest BCUT2D eigenvalue weighted by atomic mass is 32.2. The van der Waals surface area contributed by atoms with E-state index in [2.05, 4.69) is 5.32 Å². The van der Waals surface area contributed by atoms with Gasteiger partial charge in [-0.3, -0.25) is 0 Å². The summed E-state index contributed by atoms with van der Waals surface area (Å²) >= 11 is 0. The van der Waals surface area contributed by atoms with Crippen LogP contribution in [0.5, 0.6) is 0 Å². The Morgan fingerprint density at radius 2 is 1.30 bits per heavy atom. The summed E-state index contributed by atoms with van der Waals surface area (Å²) in [5.74, 6) is 0. The molecule has 0 saturated heterocycles. The SMILES string of the molecule is CS(=O)(=O)c1ccc(Nc2ccc([SH](=O)=O)cc2)cc1. The van der Waals surface area contributed by atoms with Crippen molar-refractivity contribution in [3.8, 4) is 0 Å². The first kappa shape index (κ1) is 14.5. The quantitative estimate of drug-likeness (QED) is 0.842. The summed E-state index contributed by atoms with van der Waals surface area (Å²) in [6, 6.07) is 12.6. The highest BCUT2D eigenvalue weighted by Crippen LogP contribution is 2.19. The van der Waals surface area contributed by atoms with E-state index in [0.717, 1.165) is 17.6 Å². The summed E-state index contributed by atoms with van der Waals surface area (Å²) < 4.78 is 44.2. The second-order valence-electron chi connectivity index (χ2n) is 4.23. The van der Waals surface area contributed by atoms with Crippen LogP contribution in [0, 0.1) is 0 Å². The maximum absolute atomic E-state index is 11.3. The molecule has 2 rings (SSSR count). The number of hydrogen-bond donors (Lipinski definition) is 2. The monoisotopic (exact) mass is 311 g/mol. The standard InChI is InChI=1S/C13H13NO4S2/c1-20(17,18)13-8-4-11(5-9-13)14-10-2-6-12(7-3-10)19(15)16/h2-9,14,19H,1H3. The number of thiol groups is 1. The van der Waals surface area contributed by atoms with Crippen molar-refractivity contribution in [3.05, 3.63) is 48.5 Å². The Hall–Kier alpha value is -1.86. The van der Waals surface area contributed by atoms with Gasteiger partial charge in [-0.15, -0.1) is 0 Å². The van der Waals surface area contributed by atoms with E-state index >= 15 is 0 Å². The molecule has 0 aromatic heterocycles. The van der Waals surface area contributed by atoms with Crippen LogP contribution in [0.1, 0.15) is 0 Å². The van der Waals surface area contributed by atoms with Crippen molar-refractivity contribution in [2.45, 2.75) is 9.79 Å². The molecule has 0 amide bonds. The zero-order valence-electron chi connectivity index (χ0n) is 10.6. The predicted octanol–water partition coefficient (Wildman–Crippen LogP) is 1.80. The van der Waals surface area contributed by atoms with Crippen LogP contribution in [-0.4, -0.2) is 23.1 Å². The second kappa shape index (κ2) is 5.64. The number of nitrogens with one attached hydrogen (secondary N) is 1. The molecule has 20 heavy (non-hydrogen) atoms. The fourth-order valence-electron chi connectivity index (χ4n) is 1.62. The molecule has 0 aliphatic rings. The maximum atomic E-state index is 11.3. The van der Waals surface area contributed by atoms with E-state index in [9.17, 15) is 16.8 Å². The van der Waals surface area contributed by atoms with Gasteiger partial charge in [0.1, 0.15) is 0 Å². The van der Waals surface area contributed by atoms with Crippen molar-refractivity contribution in [3.63, 3.8) is 0 Å². The molecule has 0 spiro atoms. The van der Waals surface area contributed by atoms with Crippen molar-refractivity contribution >= 4 is 31.9 Å². The highest BCUT2D eigenvalue weighted by molar-refractivity contribution is 7.90. The summed E-state index contributed by atoms with van der Waals surface area (Å²) in [5.41, 5.74) is 1.44. The van der Waals surface area contributed by atoms with Gasteiger partial charge in [-0.05, 0) is 48.5 Å². The lowest BCUT2D eigenvalue weighted by Gasteiger charge is -2.07. The van der Waals surface area contributed by atoms with Crippen LogP contribution in [-0.2, 0) is 20.5 Å². The minimum atomic E-state index is -3.20. The average molecular weight is 311 g/mol. The van der Waals surface area contributed by atoms with Crippen LogP contribution in [0.15, 0.2) is 58.3 Å². The number of rotatable bonds is 4. The molecular weight excluding hydrogens is 298 g/mol. The fraction of sp³-hybridized carbons (Fsp3) is 0.0769. The van der Waals surface area contributed by atoms with Crippen molar-refractivity contribution in [1.82, 2.24) is 0 Å². The van der Waals surface area contributed by atoms with Gasteiger partial charge in [-0.25, -0.2) is 16.8 Å². The van der Waals surface area contributed by atoms with Crippen molar-refractivity contribution < 1.29 is 16.8 Å². The number of benzene rings is 2. The molecule has 5 nitrogen and oxygen atoms in total. The molecule has 1 N–H and O–H groups in total. The van der Waals surface area contributed by atoms with Gasteiger partial charge >= 0.3 is 0 Å². The van der Waals surface area contributed by atoms with Crippen LogP contribution < -0.4 is 5.32 Å². The number of anilines is 2. The Labute approximate surface area is 119 Å². The zero-order chi connectivity index (χ0) is 14.8. The third kappa shape index (κ3) is 3.58. The lowest BCUT2D eigenvalue weighted by Crippen LogP contribution is -1.97. The Morgan fingerprint density at radius 3 is 1.70 bits per heavy atom. The van der Waals surface area contributed by atoms with Gasteiger partial charge in [0.05, 0.1) is 9.79 Å². The summed E-state index contributed by atoms with van der Waals surface area (Å²) in [6.45, 7) is 0. The third-order valence-electron chi connectivity index (χ3n) is 2.65. The third-order valence-corrected chi connectivity index (χ3v) is 4.50. The van der Waals surface area contributed by atoms with E-state index in [1.165, 1.54) is 24.3 Å². The van der Waals surface area contributed by atoms with E-state index in [4.69, 9.17) is 0 Å². The van der Waals surface area contributed by atoms with E-state index in [-0.39, 0.29) is 9.79 Å². The molecule has 0 aliphatic carbocycles. The number of hydrogen-bond acceptors (Lipinski definition) is 5. The van der Waals surface area contributed by atoms with Gasteiger partial charge in [0.15, 0.2) is 20.5 Å². The van der Waals surface area contributed by atoms with Gasteiger partial charge in [-0.2, -0.15) is 0 Å². The average Bonchev–Trinajstić information content (AvgIpc) is 2.39. The largest absolute Gasteiger partial charge is 0.356 e. The molecule has 0 radical (unpaired) electrons. The zero-order valence-corrected chi connectivity index (χ0v) is 12.3. The lowest BCUT2D eigenvalue weighted by molar-refractivity contribution is 0.601. The molecule has 0 bridgehead atoms. The smallest absolute Gasteiger partial charge is 0.175 e. The lowest BCUT2D eigenvalue weighted by atomic mass is 10.3. The summed E-state index contributed by atoms with van der Waals surface area (Å²) in [6.07, 6.45) is 1.15.